The van der Waals surface area contributed by atoms with Gasteiger partial charge in [0.2, 0.25) is 0 Å². The number of benzene rings is 1. The van der Waals surface area contributed by atoms with E-state index < -0.39 is 46.5 Å². The molecule has 0 aromatic heterocycles. The summed E-state index contributed by atoms with van der Waals surface area (Å²) in [5, 5.41) is 0. The summed E-state index contributed by atoms with van der Waals surface area (Å²) in [6, 6.07) is -0.379. The Morgan fingerprint density at radius 2 is 1.61 bits per heavy atom. The predicted octanol–water partition coefficient (Wildman–Crippen LogP) is 3.92. The summed E-state index contributed by atoms with van der Waals surface area (Å²) in [7, 11) is 1.04. The van der Waals surface area contributed by atoms with Crippen LogP contribution in [-0.2, 0) is 21.9 Å². The highest BCUT2D eigenvalue weighted by Gasteiger charge is 2.43. The first-order valence-corrected chi connectivity index (χ1v) is 6.35. The fourth-order valence-electron chi connectivity index (χ4n) is 2.03. The Balaban J connectivity index is 3.50. The third-order valence-corrected chi connectivity index (χ3v) is 3.51. The first-order valence-electron chi connectivity index (χ1n) is 6.35. The fraction of sp³-hybridized carbons (Fsp3) is 0.500. The van der Waals surface area contributed by atoms with Crippen molar-refractivity contribution in [2.75, 3.05) is 7.11 Å². The molecule has 9 heteroatoms. The summed E-state index contributed by atoms with van der Waals surface area (Å²) in [6.07, 6.45) is -9.99. The molecule has 0 saturated carbocycles. The number of halogens is 6. The molecule has 0 amide bonds. The van der Waals surface area contributed by atoms with Crippen molar-refractivity contribution in [3.8, 4) is 0 Å². The van der Waals surface area contributed by atoms with Gasteiger partial charge in [-0.05, 0) is 31.5 Å². The molecule has 1 aromatic rings. The van der Waals surface area contributed by atoms with Gasteiger partial charge in [-0.3, -0.25) is 4.79 Å². The molecule has 0 bridgehead atoms. The van der Waals surface area contributed by atoms with E-state index >= 15 is 0 Å². The summed E-state index contributed by atoms with van der Waals surface area (Å²) in [4.78, 5) is 11.7. The van der Waals surface area contributed by atoms with Crippen LogP contribution in [-0.4, -0.2) is 13.1 Å². The van der Waals surface area contributed by atoms with E-state index in [0.29, 0.717) is 12.1 Å². The van der Waals surface area contributed by atoms with Crippen molar-refractivity contribution < 1.29 is 35.9 Å². The minimum atomic E-state index is -5.06. The molecule has 23 heavy (non-hydrogen) atoms. The Morgan fingerprint density at radius 1 is 1.09 bits per heavy atom. The maximum absolute atomic E-state index is 13.1. The largest absolute Gasteiger partial charge is 0.469 e. The van der Waals surface area contributed by atoms with Crippen LogP contribution in [0.25, 0.3) is 0 Å². The van der Waals surface area contributed by atoms with E-state index in [1.54, 1.807) is 0 Å². The fourth-order valence-corrected chi connectivity index (χ4v) is 2.03. The monoisotopic (exact) mass is 343 g/mol. The van der Waals surface area contributed by atoms with Gasteiger partial charge in [0.15, 0.2) is 0 Å². The van der Waals surface area contributed by atoms with Crippen LogP contribution in [0.3, 0.4) is 0 Å². The molecule has 0 radical (unpaired) electrons. The molecule has 1 aromatic carbocycles. The van der Waals surface area contributed by atoms with Gasteiger partial charge in [0, 0.05) is 6.04 Å². The third-order valence-electron chi connectivity index (χ3n) is 3.51. The van der Waals surface area contributed by atoms with E-state index in [-0.39, 0.29) is 6.07 Å². The molecule has 130 valence electrons. The Kier molecular flexibility index (Phi) is 5.05. The first-order chi connectivity index (χ1) is 10.2. The number of carbonyl (C=O) groups is 1. The second-order valence-electron chi connectivity index (χ2n) is 5.49. The summed E-state index contributed by atoms with van der Waals surface area (Å²) in [5.41, 5.74) is 0.574. The number of methoxy groups -OCH3 is 1. The maximum Gasteiger partial charge on any atom is 0.416 e. The number of hydrogen-bond donors (Lipinski definition) is 1. The average Bonchev–Trinajstić information content (AvgIpc) is 2.42. The normalized spacial score (nSPS) is 14.5. The lowest BCUT2D eigenvalue weighted by Crippen LogP contribution is -2.38. The maximum atomic E-state index is 13.1. The SMILES string of the molecule is COC(=O)C(C)(C)[C@@H](N)c1ccc(C(F)(F)F)cc1C(F)(F)F. The van der Waals surface area contributed by atoms with Crippen LogP contribution in [0.1, 0.15) is 36.6 Å². The van der Waals surface area contributed by atoms with Crippen LogP contribution in [0.5, 0.6) is 0 Å². The van der Waals surface area contributed by atoms with Gasteiger partial charge in [-0.1, -0.05) is 6.07 Å². The lowest BCUT2D eigenvalue weighted by Gasteiger charge is -2.31. The number of alkyl halides is 6. The van der Waals surface area contributed by atoms with Crippen LogP contribution in [0.4, 0.5) is 26.3 Å². The quantitative estimate of drug-likeness (QED) is 0.668. The molecular formula is C14H15F6NO2. The number of esters is 1. The van der Waals surface area contributed by atoms with Gasteiger partial charge in [0.05, 0.1) is 23.7 Å². The van der Waals surface area contributed by atoms with E-state index in [0.717, 1.165) is 7.11 Å². The lowest BCUT2D eigenvalue weighted by molar-refractivity contribution is -0.153. The molecule has 0 saturated heterocycles. The van der Waals surface area contributed by atoms with Crippen LogP contribution in [0, 0.1) is 5.41 Å². The predicted molar refractivity (Wildman–Crippen MR) is 69.2 cm³/mol. The van der Waals surface area contributed by atoms with Crippen LogP contribution < -0.4 is 5.73 Å². The third kappa shape index (κ3) is 3.95. The molecule has 1 rings (SSSR count). The first kappa shape index (κ1) is 19.3. The number of carbonyl (C=O) groups excluding carboxylic acids is 1. The van der Waals surface area contributed by atoms with Crippen LogP contribution >= 0.6 is 0 Å². The van der Waals surface area contributed by atoms with Crippen molar-refractivity contribution in [1.29, 1.82) is 0 Å². The molecule has 0 fully saturated rings. The van der Waals surface area contributed by atoms with Gasteiger partial charge in [-0.25, -0.2) is 0 Å². The molecule has 0 aliphatic heterocycles. The molecule has 3 nitrogen and oxygen atoms in total. The molecule has 0 unspecified atom stereocenters. The standard InChI is InChI=1S/C14H15F6NO2/c1-12(2,11(22)23-3)10(21)8-5-4-7(13(15,16)17)6-9(8)14(18,19)20/h4-6,10H,21H2,1-3H3/t10-/m0/s1. The zero-order valence-corrected chi connectivity index (χ0v) is 12.5. The molecule has 1 atom stereocenters. The van der Waals surface area contributed by atoms with E-state index in [9.17, 15) is 31.1 Å². The molecule has 0 aliphatic rings. The summed E-state index contributed by atoms with van der Waals surface area (Å²) in [5.74, 6) is -0.877. The van der Waals surface area contributed by atoms with E-state index in [4.69, 9.17) is 5.73 Å². The highest BCUT2D eigenvalue weighted by Crippen LogP contribution is 2.42. The van der Waals surface area contributed by atoms with Crippen molar-refractivity contribution in [3.63, 3.8) is 0 Å². The van der Waals surface area contributed by atoms with E-state index in [2.05, 4.69) is 4.74 Å². The Bertz CT molecular complexity index is 592. The van der Waals surface area contributed by atoms with Crippen molar-refractivity contribution in [2.45, 2.75) is 32.2 Å². The molecule has 0 heterocycles. The zero-order chi connectivity index (χ0) is 18.2. The second-order valence-corrected chi connectivity index (χ2v) is 5.49. The van der Waals surface area contributed by atoms with Crippen molar-refractivity contribution >= 4 is 5.97 Å². The molecule has 2 N–H and O–H groups in total. The van der Waals surface area contributed by atoms with Crippen molar-refractivity contribution in [2.24, 2.45) is 11.1 Å². The summed E-state index contributed by atoms with van der Waals surface area (Å²) >= 11 is 0. The van der Waals surface area contributed by atoms with Crippen LogP contribution in [0.15, 0.2) is 18.2 Å². The van der Waals surface area contributed by atoms with E-state index in [1.165, 1.54) is 13.8 Å². The molecule has 0 spiro atoms. The van der Waals surface area contributed by atoms with Crippen molar-refractivity contribution in [1.82, 2.24) is 0 Å². The zero-order valence-electron chi connectivity index (χ0n) is 12.5. The topological polar surface area (TPSA) is 52.3 Å². The van der Waals surface area contributed by atoms with Gasteiger partial charge in [-0.15, -0.1) is 0 Å². The van der Waals surface area contributed by atoms with Gasteiger partial charge in [0.25, 0.3) is 0 Å². The summed E-state index contributed by atoms with van der Waals surface area (Å²) in [6.45, 7) is 2.50. The van der Waals surface area contributed by atoms with Crippen LogP contribution in [0.2, 0.25) is 0 Å². The van der Waals surface area contributed by atoms with Gasteiger partial charge in [-0.2, -0.15) is 26.3 Å². The van der Waals surface area contributed by atoms with Gasteiger partial charge in [0.1, 0.15) is 0 Å². The number of nitrogens with two attached hydrogens (primary N) is 1. The van der Waals surface area contributed by atoms with E-state index in [1.807, 2.05) is 0 Å². The van der Waals surface area contributed by atoms with Crippen molar-refractivity contribution in [3.05, 3.63) is 34.9 Å². The van der Waals surface area contributed by atoms with Gasteiger partial charge < -0.3 is 10.5 Å². The van der Waals surface area contributed by atoms with Gasteiger partial charge >= 0.3 is 18.3 Å². The number of hydrogen-bond acceptors (Lipinski definition) is 3. The Morgan fingerprint density at radius 3 is 2.00 bits per heavy atom. The Hall–Kier alpha value is -1.77. The Labute approximate surface area is 128 Å². The minimum Gasteiger partial charge on any atom is -0.469 e. The number of ether oxygens (including phenoxy) is 1. The molecular weight excluding hydrogens is 328 g/mol. The molecule has 0 aliphatic carbocycles. The number of rotatable bonds is 3. The lowest BCUT2D eigenvalue weighted by atomic mass is 9.79. The smallest absolute Gasteiger partial charge is 0.416 e. The highest BCUT2D eigenvalue weighted by molar-refractivity contribution is 5.77. The summed E-state index contributed by atoms with van der Waals surface area (Å²) < 4.78 is 81.7. The minimum absolute atomic E-state index is 0.0114. The second kappa shape index (κ2) is 6.03. The highest BCUT2D eigenvalue weighted by atomic mass is 19.4. The average molecular weight is 343 g/mol.